The Balaban J connectivity index is 2.17. The second-order valence-corrected chi connectivity index (χ2v) is 10.1. The molecule has 12 heteroatoms. The first kappa shape index (κ1) is 23.6. The summed E-state index contributed by atoms with van der Waals surface area (Å²) in [5.41, 5.74) is 0. The number of nitrogens with zero attached hydrogens (tertiary/aromatic N) is 2. The highest BCUT2D eigenvalue weighted by Crippen LogP contribution is 2.29. The van der Waals surface area contributed by atoms with Crippen LogP contribution in [0.2, 0.25) is 0 Å². The molecule has 1 amide bonds. The zero-order chi connectivity index (χ0) is 21.8. The first-order valence-electron chi connectivity index (χ1n) is 9.01. The van der Waals surface area contributed by atoms with Crippen LogP contribution in [0.15, 0.2) is 16.3 Å². The number of aryl methyl sites for hydroxylation is 1. The van der Waals surface area contributed by atoms with Crippen LogP contribution in [-0.4, -0.2) is 68.5 Å². The van der Waals surface area contributed by atoms with Crippen molar-refractivity contribution in [3.63, 3.8) is 0 Å². The minimum absolute atomic E-state index is 0.0252. The Morgan fingerprint density at radius 3 is 2.59 bits per heavy atom. The molecule has 0 spiro atoms. The van der Waals surface area contributed by atoms with Crippen molar-refractivity contribution < 1.29 is 35.9 Å². The number of carbonyl (C=O) groups excluding carboxylic acids is 2. The number of esters is 1. The summed E-state index contributed by atoms with van der Waals surface area (Å²) >= 11 is 1.09. The maximum atomic E-state index is 12.9. The van der Waals surface area contributed by atoms with E-state index in [0.717, 1.165) is 20.5 Å². The van der Waals surface area contributed by atoms with E-state index in [4.69, 9.17) is 0 Å². The summed E-state index contributed by atoms with van der Waals surface area (Å²) in [5, 5.41) is 0. The summed E-state index contributed by atoms with van der Waals surface area (Å²) in [7, 11) is -3.83. The molecule has 0 saturated carbocycles. The van der Waals surface area contributed by atoms with E-state index in [1.807, 2.05) is 0 Å². The summed E-state index contributed by atoms with van der Waals surface area (Å²) in [6.45, 7) is 0.760. The maximum absolute atomic E-state index is 12.9. The summed E-state index contributed by atoms with van der Waals surface area (Å²) in [5.74, 6) is -2.81. The second kappa shape index (κ2) is 9.43. The molecule has 1 aliphatic heterocycles. The number of thiophene rings is 1. The van der Waals surface area contributed by atoms with Gasteiger partial charge >= 0.3 is 12.1 Å². The number of hydrogen-bond acceptors (Lipinski definition) is 6. The molecule has 1 fully saturated rings. The van der Waals surface area contributed by atoms with Crippen molar-refractivity contribution in [2.75, 3.05) is 32.8 Å². The number of hydrogen-bond donors (Lipinski definition) is 0. The van der Waals surface area contributed by atoms with Crippen molar-refractivity contribution >= 4 is 33.2 Å². The van der Waals surface area contributed by atoms with Crippen LogP contribution in [0.4, 0.5) is 13.2 Å². The third-order valence-electron chi connectivity index (χ3n) is 4.35. The van der Waals surface area contributed by atoms with Crippen LogP contribution in [-0.2, 0) is 24.3 Å². The van der Waals surface area contributed by atoms with E-state index in [-0.39, 0.29) is 30.3 Å². The maximum Gasteiger partial charge on any atom is 0.406 e. The normalized spacial score (nSPS) is 18.4. The van der Waals surface area contributed by atoms with Crippen LogP contribution in [0.1, 0.15) is 24.6 Å². The molecular weight excluding hydrogens is 433 g/mol. The molecule has 29 heavy (non-hydrogen) atoms. The standard InChI is InChI=1S/C17H23F3N2O5S2/c1-3-27-14(23)10-21(11-17(18,19)20)16(24)13-5-4-8-22(9-13)29(25,26)15-7-6-12(2)28-15/h6-7,13H,3-5,8-11H2,1-2H3. The molecule has 7 nitrogen and oxygen atoms in total. The predicted molar refractivity (Wildman–Crippen MR) is 99.8 cm³/mol. The van der Waals surface area contributed by atoms with Gasteiger partial charge in [0.15, 0.2) is 0 Å². The number of ether oxygens (including phenoxy) is 1. The van der Waals surface area contributed by atoms with Gasteiger partial charge in [0.1, 0.15) is 17.3 Å². The van der Waals surface area contributed by atoms with Gasteiger partial charge in [-0.05, 0) is 38.8 Å². The summed E-state index contributed by atoms with van der Waals surface area (Å²) in [6.07, 6.45) is -4.12. The Kier molecular flexibility index (Phi) is 7.68. The van der Waals surface area contributed by atoms with E-state index in [1.54, 1.807) is 13.0 Å². The molecule has 1 atom stereocenters. The lowest BCUT2D eigenvalue weighted by Crippen LogP contribution is -2.50. The molecule has 1 aromatic heterocycles. The van der Waals surface area contributed by atoms with Gasteiger partial charge in [0.2, 0.25) is 5.91 Å². The molecule has 0 aromatic carbocycles. The second-order valence-electron chi connectivity index (χ2n) is 6.68. The van der Waals surface area contributed by atoms with Crippen molar-refractivity contribution in [1.29, 1.82) is 0 Å². The smallest absolute Gasteiger partial charge is 0.406 e. The molecular formula is C17H23F3N2O5S2. The summed E-state index contributed by atoms with van der Waals surface area (Å²) < 4.78 is 70.2. The quantitative estimate of drug-likeness (QED) is 0.589. The largest absolute Gasteiger partial charge is 0.465 e. The van der Waals surface area contributed by atoms with Crippen LogP contribution >= 0.6 is 11.3 Å². The highest BCUT2D eigenvalue weighted by atomic mass is 32.2. The average Bonchev–Trinajstić information content (AvgIpc) is 3.07. The molecule has 0 aliphatic carbocycles. The highest BCUT2D eigenvalue weighted by molar-refractivity contribution is 7.91. The third kappa shape index (κ3) is 6.41. The molecule has 2 rings (SSSR count). The van der Waals surface area contributed by atoms with Crippen molar-refractivity contribution in [2.45, 2.75) is 37.1 Å². The van der Waals surface area contributed by atoms with E-state index in [9.17, 15) is 31.2 Å². The van der Waals surface area contributed by atoms with Crippen molar-refractivity contribution in [1.82, 2.24) is 9.21 Å². The molecule has 0 N–H and O–H groups in total. The van der Waals surface area contributed by atoms with Crippen LogP contribution in [0.3, 0.4) is 0 Å². The molecule has 1 aliphatic rings. The fraction of sp³-hybridized carbons (Fsp3) is 0.647. The zero-order valence-corrected chi connectivity index (χ0v) is 17.7. The van der Waals surface area contributed by atoms with Gasteiger partial charge in [0, 0.05) is 18.0 Å². The number of rotatable bonds is 7. The van der Waals surface area contributed by atoms with Gasteiger partial charge < -0.3 is 9.64 Å². The Hall–Kier alpha value is -1.66. The zero-order valence-electron chi connectivity index (χ0n) is 16.1. The predicted octanol–water partition coefficient (Wildman–Crippen LogP) is 2.41. The van der Waals surface area contributed by atoms with E-state index >= 15 is 0 Å². The Morgan fingerprint density at radius 1 is 1.34 bits per heavy atom. The monoisotopic (exact) mass is 456 g/mol. The van der Waals surface area contributed by atoms with Crippen molar-refractivity contribution in [3.05, 3.63) is 17.0 Å². The molecule has 1 unspecified atom stereocenters. The van der Waals surface area contributed by atoms with Gasteiger partial charge in [-0.3, -0.25) is 9.59 Å². The highest BCUT2D eigenvalue weighted by Gasteiger charge is 2.40. The fourth-order valence-electron chi connectivity index (χ4n) is 3.09. The number of alkyl halides is 3. The van der Waals surface area contributed by atoms with Gasteiger partial charge in [-0.2, -0.15) is 17.5 Å². The summed E-state index contributed by atoms with van der Waals surface area (Å²) in [6, 6.07) is 3.13. The van der Waals surface area contributed by atoms with Gasteiger partial charge in [0.05, 0.1) is 12.5 Å². The lowest BCUT2D eigenvalue weighted by atomic mass is 9.98. The summed E-state index contributed by atoms with van der Waals surface area (Å²) in [4.78, 5) is 25.6. The number of piperidine rings is 1. The molecule has 1 aromatic rings. The molecule has 2 heterocycles. The molecule has 164 valence electrons. The number of carbonyl (C=O) groups is 2. The van der Waals surface area contributed by atoms with Crippen LogP contribution in [0, 0.1) is 12.8 Å². The molecule has 0 radical (unpaired) electrons. The Morgan fingerprint density at radius 2 is 2.03 bits per heavy atom. The third-order valence-corrected chi connectivity index (χ3v) is 7.68. The van der Waals surface area contributed by atoms with Gasteiger partial charge in [-0.15, -0.1) is 11.3 Å². The minimum atomic E-state index is -4.70. The fourth-order valence-corrected chi connectivity index (χ4v) is 6.05. The van der Waals surface area contributed by atoms with Crippen molar-refractivity contribution in [2.24, 2.45) is 5.92 Å². The first-order chi connectivity index (χ1) is 13.4. The first-order valence-corrected chi connectivity index (χ1v) is 11.3. The lowest BCUT2D eigenvalue weighted by Gasteiger charge is -2.34. The van der Waals surface area contributed by atoms with Crippen LogP contribution < -0.4 is 0 Å². The van der Waals surface area contributed by atoms with Crippen LogP contribution in [0.25, 0.3) is 0 Å². The number of amides is 1. The molecule has 0 bridgehead atoms. The van der Waals surface area contributed by atoms with Crippen LogP contribution in [0.5, 0.6) is 0 Å². The Labute approximate surface area is 171 Å². The Bertz CT molecular complexity index is 838. The van der Waals surface area contributed by atoms with E-state index < -0.39 is 47.1 Å². The molecule has 1 saturated heterocycles. The minimum Gasteiger partial charge on any atom is -0.465 e. The van der Waals surface area contributed by atoms with Crippen molar-refractivity contribution in [3.8, 4) is 0 Å². The van der Waals surface area contributed by atoms with Gasteiger partial charge in [0.25, 0.3) is 10.0 Å². The van der Waals surface area contributed by atoms with Gasteiger partial charge in [-0.25, -0.2) is 8.42 Å². The topological polar surface area (TPSA) is 84.0 Å². The number of halogens is 3. The number of sulfonamides is 1. The average molecular weight is 457 g/mol. The van der Waals surface area contributed by atoms with Gasteiger partial charge in [-0.1, -0.05) is 0 Å². The lowest BCUT2D eigenvalue weighted by molar-refractivity contribution is -0.169. The van der Waals surface area contributed by atoms with E-state index in [1.165, 1.54) is 13.0 Å². The SMILES string of the molecule is CCOC(=O)CN(CC(F)(F)F)C(=O)C1CCCN(S(=O)(=O)c2ccc(C)s2)C1. The van der Waals surface area contributed by atoms with E-state index in [2.05, 4.69) is 4.74 Å². The van der Waals surface area contributed by atoms with E-state index in [0.29, 0.717) is 11.3 Å².